The number of primary amides is 1. The minimum atomic E-state index is -0.813. The number of hydrogen-bond acceptors (Lipinski definition) is 10. The molecule has 2 aromatic carbocycles. The normalized spacial score (nSPS) is 18.3. The van der Waals surface area contributed by atoms with Gasteiger partial charge in [0.2, 0.25) is 11.8 Å². The van der Waals surface area contributed by atoms with Gasteiger partial charge in [0, 0.05) is 16.7 Å². The Bertz CT molecular complexity index is 1440. The highest BCUT2D eigenvalue weighted by Gasteiger charge is 2.55. The molecule has 2 aliphatic rings. The van der Waals surface area contributed by atoms with Gasteiger partial charge in [-0.05, 0) is 16.5 Å². The lowest BCUT2D eigenvalue weighted by molar-refractivity contribution is -0.154. The zero-order valence-electron chi connectivity index (χ0n) is 21.3. The first-order valence-electron chi connectivity index (χ1n) is 12.3. The number of ether oxygens (including phenoxy) is 1. The van der Waals surface area contributed by atoms with Crippen LogP contribution in [0.4, 0.5) is 0 Å². The van der Waals surface area contributed by atoms with Gasteiger partial charge in [-0.25, -0.2) is 4.79 Å². The first-order chi connectivity index (χ1) is 19.9. The van der Waals surface area contributed by atoms with Crippen molar-refractivity contribution in [2.75, 3.05) is 11.5 Å². The number of carbonyl (C=O) groups excluding carboxylic acids is 4. The van der Waals surface area contributed by atoms with E-state index >= 15 is 0 Å². The summed E-state index contributed by atoms with van der Waals surface area (Å²) in [6, 6.07) is 17.9. The molecule has 2 atom stereocenters. The predicted octanol–water partition coefficient (Wildman–Crippen LogP) is 2.57. The van der Waals surface area contributed by atoms with Crippen molar-refractivity contribution in [3.8, 4) is 0 Å². The Morgan fingerprint density at radius 3 is 2.44 bits per heavy atom. The number of aromatic nitrogens is 3. The maximum absolute atomic E-state index is 13.9. The molecule has 0 aliphatic carbocycles. The predicted molar refractivity (Wildman–Crippen MR) is 156 cm³/mol. The zero-order valence-corrected chi connectivity index (χ0v) is 23.8. The maximum Gasteiger partial charge on any atom is 0.356 e. The molecule has 210 valence electrons. The fraction of sp³-hybridized carbons (Fsp3) is 0.185. The van der Waals surface area contributed by atoms with Crippen LogP contribution in [0, 0.1) is 0 Å². The average Bonchev–Trinajstić information content (AvgIpc) is 3.50. The SMILES string of the molecule is NC(=O)/C=C\SCC(=O)N[C@@H]1C(=O)N2C(C(=O)OC(c3ccccc3)c3ccccc3)=C(Sc3nnc[nH]3)CS[C@@H]12. The van der Waals surface area contributed by atoms with E-state index in [0.29, 0.717) is 15.8 Å². The second-order valence-corrected chi connectivity index (χ2v) is 11.8. The Morgan fingerprint density at radius 2 is 1.83 bits per heavy atom. The number of H-pyrrole nitrogens is 1. The molecular weight excluding hydrogens is 585 g/mol. The molecule has 0 saturated carbocycles. The zero-order chi connectivity index (χ0) is 28.8. The minimum absolute atomic E-state index is 0.00187. The molecule has 11 nitrogen and oxygen atoms in total. The largest absolute Gasteiger partial charge is 0.448 e. The molecule has 1 fully saturated rings. The standard InChI is InChI=1S/C27H24N6O5S3/c28-19(34)11-12-39-14-20(35)31-21-24(36)33-22(18(13-40-25(21)33)41-27-29-15-30-32-27)26(37)38-23(16-7-3-1-4-8-16)17-9-5-2-6-10-17/h1-12,15,21,23,25H,13-14H2,(H2,28,34)(H,31,35)(H,29,30,32)/b12-11-/t21-,25+/m1/s1. The Kier molecular flexibility index (Phi) is 9.11. The molecule has 14 heteroatoms. The second kappa shape index (κ2) is 13.1. The van der Waals surface area contributed by atoms with Crippen LogP contribution in [0.2, 0.25) is 0 Å². The number of nitrogens with zero attached hydrogens (tertiary/aromatic N) is 3. The summed E-state index contributed by atoms with van der Waals surface area (Å²) in [5, 5.41) is 11.9. The number of benzene rings is 2. The lowest BCUT2D eigenvalue weighted by atomic mass is 10.0. The molecule has 41 heavy (non-hydrogen) atoms. The topological polar surface area (TPSA) is 160 Å². The van der Waals surface area contributed by atoms with Gasteiger partial charge in [0.15, 0.2) is 11.3 Å². The molecule has 2 aliphatic heterocycles. The van der Waals surface area contributed by atoms with E-state index in [2.05, 4.69) is 20.5 Å². The summed E-state index contributed by atoms with van der Waals surface area (Å²) in [5.41, 5.74) is 6.72. The van der Waals surface area contributed by atoms with Crippen molar-refractivity contribution in [1.82, 2.24) is 25.4 Å². The highest BCUT2D eigenvalue weighted by Crippen LogP contribution is 2.45. The van der Waals surface area contributed by atoms with Crippen molar-refractivity contribution >= 4 is 59.0 Å². The third-order valence-electron chi connectivity index (χ3n) is 6.03. The first kappa shape index (κ1) is 28.5. The number of esters is 1. The summed E-state index contributed by atoms with van der Waals surface area (Å²) in [5.74, 6) is -1.71. The number of carbonyl (C=O) groups is 4. The Hall–Kier alpha value is -4.01. The van der Waals surface area contributed by atoms with Crippen LogP contribution in [0.15, 0.2) is 94.2 Å². The summed E-state index contributed by atoms with van der Waals surface area (Å²) in [4.78, 5) is 55.5. The van der Waals surface area contributed by atoms with E-state index in [1.54, 1.807) is 0 Å². The number of nitrogens with two attached hydrogens (primary N) is 1. The van der Waals surface area contributed by atoms with Crippen LogP contribution >= 0.6 is 35.3 Å². The molecule has 1 saturated heterocycles. The van der Waals surface area contributed by atoms with Crippen LogP contribution in [0.1, 0.15) is 17.2 Å². The van der Waals surface area contributed by atoms with Crippen LogP contribution in [0.5, 0.6) is 0 Å². The molecule has 1 aromatic heterocycles. The van der Waals surface area contributed by atoms with Gasteiger partial charge in [-0.15, -0.1) is 33.7 Å². The van der Waals surface area contributed by atoms with E-state index in [-0.39, 0.29) is 17.4 Å². The van der Waals surface area contributed by atoms with Crippen LogP contribution in [0.25, 0.3) is 0 Å². The number of aromatic amines is 1. The molecular formula is C27H24N6O5S3. The maximum atomic E-state index is 13.9. The van der Waals surface area contributed by atoms with E-state index < -0.39 is 35.3 Å². The van der Waals surface area contributed by atoms with Gasteiger partial charge >= 0.3 is 5.97 Å². The Morgan fingerprint density at radius 1 is 1.15 bits per heavy atom. The van der Waals surface area contributed by atoms with Crippen molar-refractivity contribution in [3.05, 3.63) is 100 Å². The lowest BCUT2D eigenvalue weighted by Gasteiger charge is -2.49. The van der Waals surface area contributed by atoms with Crippen LogP contribution < -0.4 is 11.1 Å². The molecule has 3 aromatic rings. The van der Waals surface area contributed by atoms with Gasteiger partial charge in [0.25, 0.3) is 5.91 Å². The number of rotatable bonds is 11. The van der Waals surface area contributed by atoms with Crippen molar-refractivity contribution in [2.45, 2.75) is 22.7 Å². The number of β-lactam (4-membered cyclic amide) rings is 1. The summed E-state index contributed by atoms with van der Waals surface area (Å²) in [7, 11) is 0. The monoisotopic (exact) mass is 608 g/mol. The Labute approximate surface area is 247 Å². The van der Waals surface area contributed by atoms with Gasteiger partial charge in [-0.1, -0.05) is 72.4 Å². The Balaban J connectivity index is 1.39. The smallest absolute Gasteiger partial charge is 0.356 e. The van der Waals surface area contributed by atoms with E-state index in [1.165, 1.54) is 40.2 Å². The average molecular weight is 609 g/mol. The van der Waals surface area contributed by atoms with Crippen LogP contribution in [-0.2, 0) is 23.9 Å². The number of hydrogen-bond donors (Lipinski definition) is 3. The number of amides is 3. The van der Waals surface area contributed by atoms with Crippen LogP contribution in [0.3, 0.4) is 0 Å². The quantitative estimate of drug-likeness (QED) is 0.168. The molecule has 0 unspecified atom stereocenters. The minimum Gasteiger partial charge on any atom is -0.448 e. The molecule has 0 radical (unpaired) electrons. The van der Waals surface area contributed by atoms with E-state index in [0.717, 1.165) is 29.0 Å². The van der Waals surface area contributed by atoms with Gasteiger partial charge in [-0.3, -0.25) is 19.3 Å². The lowest BCUT2D eigenvalue weighted by Crippen LogP contribution is -2.70. The highest BCUT2D eigenvalue weighted by molar-refractivity contribution is 8.06. The fourth-order valence-corrected chi connectivity index (χ4v) is 7.13. The fourth-order valence-electron chi connectivity index (χ4n) is 4.22. The van der Waals surface area contributed by atoms with Gasteiger partial charge in [0.1, 0.15) is 23.4 Å². The van der Waals surface area contributed by atoms with Gasteiger partial charge < -0.3 is 20.8 Å². The molecule has 5 rings (SSSR count). The van der Waals surface area contributed by atoms with Crippen LogP contribution in [-0.4, -0.2) is 66.7 Å². The summed E-state index contributed by atoms with van der Waals surface area (Å²) in [6.07, 6.45) is 1.87. The van der Waals surface area contributed by atoms with Crippen molar-refractivity contribution < 1.29 is 23.9 Å². The van der Waals surface area contributed by atoms with E-state index in [9.17, 15) is 19.2 Å². The molecule has 3 heterocycles. The highest BCUT2D eigenvalue weighted by atomic mass is 32.2. The molecule has 0 spiro atoms. The van der Waals surface area contributed by atoms with Crippen molar-refractivity contribution in [3.63, 3.8) is 0 Å². The molecule has 3 amide bonds. The van der Waals surface area contributed by atoms with E-state index in [1.807, 2.05) is 60.7 Å². The summed E-state index contributed by atoms with van der Waals surface area (Å²) < 4.78 is 6.12. The van der Waals surface area contributed by atoms with Gasteiger partial charge in [0.05, 0.1) is 5.75 Å². The van der Waals surface area contributed by atoms with Crippen molar-refractivity contribution in [1.29, 1.82) is 0 Å². The number of nitrogens with one attached hydrogen (secondary N) is 2. The van der Waals surface area contributed by atoms with E-state index in [4.69, 9.17) is 10.5 Å². The second-order valence-electron chi connectivity index (χ2n) is 8.75. The molecule has 4 N–H and O–H groups in total. The number of thioether (sulfide) groups is 3. The summed E-state index contributed by atoms with van der Waals surface area (Å²) in [6.45, 7) is 0. The number of fused-ring (bicyclic) bond motifs is 1. The third-order valence-corrected chi connectivity index (χ3v) is 9.23. The summed E-state index contributed by atoms with van der Waals surface area (Å²) >= 11 is 3.70. The van der Waals surface area contributed by atoms with Crippen molar-refractivity contribution in [2.24, 2.45) is 5.73 Å². The third kappa shape index (κ3) is 6.66. The molecule has 0 bridgehead atoms. The first-order valence-corrected chi connectivity index (χ1v) is 15.2. The van der Waals surface area contributed by atoms with Gasteiger partial charge in [-0.2, -0.15) is 0 Å².